The molecule has 2 amide bonds. The molecule has 0 rings (SSSR count). The highest BCUT2D eigenvalue weighted by Crippen LogP contribution is 2.12. The lowest BCUT2D eigenvalue weighted by Gasteiger charge is -2.25. The van der Waals surface area contributed by atoms with Crippen molar-refractivity contribution in [2.45, 2.75) is 90.5 Å². The molecule has 0 spiro atoms. The lowest BCUT2D eigenvalue weighted by atomic mass is 10.1. The van der Waals surface area contributed by atoms with E-state index in [-0.39, 0.29) is 25.7 Å². The summed E-state index contributed by atoms with van der Waals surface area (Å²) in [5, 5.41) is 2.51. The van der Waals surface area contributed by atoms with Crippen molar-refractivity contribution in [3.8, 4) is 0 Å². The zero-order valence-corrected chi connectivity index (χ0v) is 17.1. The molecule has 0 fully saturated rings. The summed E-state index contributed by atoms with van der Waals surface area (Å²) in [5.74, 6) is -2.35. The first-order chi connectivity index (χ1) is 12.1. The Morgan fingerprint density at radius 2 is 1.33 bits per heavy atom. The maximum Gasteiger partial charge on any atom is 0.329 e. The zero-order valence-electron chi connectivity index (χ0n) is 17.1. The second-order valence-corrected chi connectivity index (χ2v) is 8.34. The van der Waals surface area contributed by atoms with Crippen LogP contribution in [0.5, 0.6) is 0 Å². The van der Waals surface area contributed by atoms with Crippen LogP contribution in [0.1, 0.15) is 67.2 Å². The fraction of sp³-hybridized carbons (Fsp3) is 0.778. The summed E-state index contributed by atoms with van der Waals surface area (Å²) in [6, 6.07) is -1.97. The highest BCUT2D eigenvalue weighted by Gasteiger charge is 2.28. The number of nitrogens with two attached hydrogens (primary N) is 2. The maximum atomic E-state index is 12.2. The first-order valence-electron chi connectivity index (χ1n) is 8.89. The van der Waals surface area contributed by atoms with E-state index in [9.17, 15) is 19.2 Å². The molecule has 0 aromatic rings. The fourth-order valence-corrected chi connectivity index (χ4v) is 1.96. The van der Waals surface area contributed by atoms with Crippen molar-refractivity contribution in [1.82, 2.24) is 5.32 Å². The van der Waals surface area contributed by atoms with Gasteiger partial charge in [-0.05, 0) is 54.4 Å². The number of hydrogen-bond donors (Lipinski definition) is 3. The van der Waals surface area contributed by atoms with Crippen molar-refractivity contribution >= 4 is 23.8 Å². The minimum Gasteiger partial charge on any atom is -0.459 e. The van der Waals surface area contributed by atoms with E-state index in [1.807, 2.05) is 0 Å². The third-order valence-corrected chi connectivity index (χ3v) is 3.10. The third kappa shape index (κ3) is 12.8. The molecule has 0 aliphatic rings. The Morgan fingerprint density at radius 3 is 1.78 bits per heavy atom. The van der Waals surface area contributed by atoms with Gasteiger partial charge in [-0.25, -0.2) is 4.79 Å². The molecule has 27 heavy (non-hydrogen) atoms. The predicted molar refractivity (Wildman–Crippen MR) is 99.3 cm³/mol. The van der Waals surface area contributed by atoms with Gasteiger partial charge in [0.1, 0.15) is 23.3 Å². The Bertz CT molecular complexity index is 548. The number of amides is 2. The minimum atomic E-state index is -1.01. The average Bonchev–Trinajstić information content (AvgIpc) is 2.45. The standard InChI is InChI=1S/C18H33N3O6/c1-17(2,3)26-15(24)11(19)7-10-14(23)21-12(8-9-13(20)22)16(25)27-18(4,5)6/h11-12H,7-10,19H2,1-6H3,(H2,20,22)(H,21,23)/t11-,12-/m0/s1. The molecular weight excluding hydrogens is 354 g/mol. The van der Waals surface area contributed by atoms with Gasteiger partial charge in [0, 0.05) is 12.8 Å². The fourth-order valence-electron chi connectivity index (χ4n) is 1.96. The van der Waals surface area contributed by atoms with Crippen LogP contribution in [0, 0.1) is 0 Å². The van der Waals surface area contributed by atoms with Crippen LogP contribution in [0.25, 0.3) is 0 Å². The van der Waals surface area contributed by atoms with Gasteiger partial charge in [-0.1, -0.05) is 0 Å². The van der Waals surface area contributed by atoms with E-state index in [1.54, 1.807) is 41.5 Å². The minimum absolute atomic E-state index is 0.0219. The van der Waals surface area contributed by atoms with Crippen LogP contribution in [0.15, 0.2) is 0 Å². The molecule has 0 unspecified atom stereocenters. The van der Waals surface area contributed by atoms with E-state index < -0.39 is 47.0 Å². The Hall–Kier alpha value is -2.16. The highest BCUT2D eigenvalue weighted by molar-refractivity contribution is 5.86. The van der Waals surface area contributed by atoms with Gasteiger partial charge < -0.3 is 26.3 Å². The first-order valence-corrected chi connectivity index (χ1v) is 8.89. The van der Waals surface area contributed by atoms with E-state index in [2.05, 4.69) is 5.32 Å². The molecule has 0 heterocycles. The molecule has 0 saturated heterocycles. The Morgan fingerprint density at radius 1 is 0.852 bits per heavy atom. The summed E-state index contributed by atoms with van der Waals surface area (Å²) in [7, 11) is 0. The third-order valence-electron chi connectivity index (χ3n) is 3.10. The van der Waals surface area contributed by atoms with Gasteiger partial charge in [0.05, 0.1) is 0 Å². The normalized spacial score (nSPS) is 14.0. The van der Waals surface area contributed by atoms with Gasteiger partial charge in [-0.15, -0.1) is 0 Å². The van der Waals surface area contributed by atoms with Gasteiger partial charge in [0.25, 0.3) is 0 Å². The van der Waals surface area contributed by atoms with E-state index in [0.29, 0.717) is 0 Å². The quantitative estimate of drug-likeness (QED) is 0.488. The van der Waals surface area contributed by atoms with Crippen LogP contribution >= 0.6 is 0 Å². The van der Waals surface area contributed by atoms with Gasteiger partial charge in [-0.2, -0.15) is 0 Å². The number of rotatable bonds is 9. The largest absolute Gasteiger partial charge is 0.459 e. The molecule has 0 aliphatic heterocycles. The van der Waals surface area contributed by atoms with Crippen molar-refractivity contribution in [2.75, 3.05) is 0 Å². The summed E-state index contributed by atoms with van der Waals surface area (Å²) >= 11 is 0. The maximum absolute atomic E-state index is 12.2. The molecule has 0 aromatic carbocycles. The average molecular weight is 387 g/mol. The molecule has 0 radical (unpaired) electrons. The molecule has 156 valence electrons. The van der Waals surface area contributed by atoms with E-state index in [0.717, 1.165) is 0 Å². The van der Waals surface area contributed by atoms with Crippen molar-refractivity contribution in [3.63, 3.8) is 0 Å². The molecular formula is C18H33N3O6. The number of esters is 2. The summed E-state index contributed by atoms with van der Waals surface area (Å²) in [6.07, 6.45) is -0.0936. The molecule has 0 saturated carbocycles. The van der Waals surface area contributed by atoms with Crippen LogP contribution in [-0.4, -0.2) is 47.0 Å². The summed E-state index contributed by atoms with van der Waals surface area (Å²) in [4.78, 5) is 47.2. The van der Waals surface area contributed by atoms with Gasteiger partial charge in [0.2, 0.25) is 11.8 Å². The zero-order chi connectivity index (χ0) is 21.4. The van der Waals surface area contributed by atoms with Gasteiger partial charge in [0.15, 0.2) is 0 Å². The van der Waals surface area contributed by atoms with Gasteiger partial charge in [-0.3, -0.25) is 14.4 Å². The SMILES string of the molecule is CC(C)(C)OC(=O)[C@H](CCC(N)=O)NC(=O)CC[C@H](N)C(=O)OC(C)(C)C. The number of hydrogen-bond acceptors (Lipinski definition) is 7. The van der Waals surface area contributed by atoms with Crippen LogP contribution < -0.4 is 16.8 Å². The lowest BCUT2D eigenvalue weighted by molar-refractivity contribution is -0.159. The van der Waals surface area contributed by atoms with Crippen molar-refractivity contribution in [2.24, 2.45) is 11.5 Å². The number of nitrogens with one attached hydrogen (secondary N) is 1. The molecule has 0 aliphatic carbocycles. The molecule has 9 nitrogen and oxygen atoms in total. The Kier molecular flexibility index (Phi) is 9.43. The number of ether oxygens (including phenoxy) is 2. The Balaban J connectivity index is 4.72. The molecule has 5 N–H and O–H groups in total. The smallest absolute Gasteiger partial charge is 0.329 e. The predicted octanol–water partition coefficient (Wildman–Crippen LogP) is 0.528. The molecule has 0 bridgehead atoms. The van der Waals surface area contributed by atoms with E-state index in [4.69, 9.17) is 20.9 Å². The van der Waals surface area contributed by atoms with Crippen molar-refractivity contribution in [3.05, 3.63) is 0 Å². The van der Waals surface area contributed by atoms with Gasteiger partial charge >= 0.3 is 11.9 Å². The van der Waals surface area contributed by atoms with Crippen LogP contribution in [-0.2, 0) is 28.7 Å². The van der Waals surface area contributed by atoms with E-state index >= 15 is 0 Å². The second kappa shape index (κ2) is 10.2. The Labute approximate surface area is 160 Å². The van der Waals surface area contributed by atoms with Crippen LogP contribution in [0.2, 0.25) is 0 Å². The number of primary amides is 1. The second-order valence-electron chi connectivity index (χ2n) is 8.34. The summed E-state index contributed by atoms with van der Waals surface area (Å²) < 4.78 is 10.4. The summed E-state index contributed by atoms with van der Waals surface area (Å²) in [6.45, 7) is 10.2. The topological polar surface area (TPSA) is 151 Å². The van der Waals surface area contributed by atoms with Crippen LogP contribution in [0.4, 0.5) is 0 Å². The molecule has 9 heteroatoms. The molecule has 2 atom stereocenters. The highest BCUT2D eigenvalue weighted by atomic mass is 16.6. The number of carbonyl (C=O) groups excluding carboxylic acids is 4. The molecule has 0 aromatic heterocycles. The van der Waals surface area contributed by atoms with Crippen LogP contribution in [0.3, 0.4) is 0 Å². The van der Waals surface area contributed by atoms with Crippen molar-refractivity contribution in [1.29, 1.82) is 0 Å². The first kappa shape index (κ1) is 24.8. The lowest BCUT2D eigenvalue weighted by Crippen LogP contribution is -2.45. The van der Waals surface area contributed by atoms with Crippen molar-refractivity contribution < 1.29 is 28.7 Å². The summed E-state index contributed by atoms with van der Waals surface area (Å²) in [5.41, 5.74) is 9.43. The van der Waals surface area contributed by atoms with E-state index in [1.165, 1.54) is 0 Å². The number of carbonyl (C=O) groups is 4. The monoisotopic (exact) mass is 387 g/mol.